The molecule has 1 heterocycles. The number of ether oxygens (including phenoxy) is 1. The number of benzene rings is 2. The summed E-state index contributed by atoms with van der Waals surface area (Å²) in [5.41, 5.74) is 1.32. The van der Waals surface area contributed by atoms with Crippen LogP contribution in [0.25, 0.3) is 0 Å². The number of alkyl halides is 3. The molecule has 8 heteroatoms. The van der Waals surface area contributed by atoms with Crippen LogP contribution in [0.15, 0.2) is 54.7 Å². The maximum atomic E-state index is 13.7. The van der Waals surface area contributed by atoms with Crippen molar-refractivity contribution in [3.8, 4) is 5.75 Å². The van der Waals surface area contributed by atoms with Crippen LogP contribution in [0.5, 0.6) is 5.75 Å². The first-order valence-corrected chi connectivity index (χ1v) is 12.7. The molecule has 0 bridgehead atoms. The number of hydrogen-bond acceptors (Lipinski definition) is 5. The number of unbranched alkanes of at least 4 members (excludes halogenated alkanes) is 5. The smallest absolute Gasteiger partial charge is 0.421 e. The van der Waals surface area contributed by atoms with Crippen LogP contribution in [0.1, 0.15) is 69.9 Å². The first-order valence-electron chi connectivity index (χ1n) is 12.7. The number of nitrogens with one attached hydrogen (secondary N) is 2. The van der Waals surface area contributed by atoms with E-state index in [0.29, 0.717) is 18.0 Å². The Labute approximate surface area is 211 Å². The molecule has 0 saturated heterocycles. The van der Waals surface area contributed by atoms with E-state index in [-0.39, 0.29) is 11.8 Å². The zero-order valence-corrected chi connectivity index (χ0v) is 21.0. The summed E-state index contributed by atoms with van der Waals surface area (Å²) in [5.74, 6) is 0.530. The van der Waals surface area contributed by atoms with Crippen LogP contribution in [-0.2, 0) is 12.6 Å². The molecule has 0 radical (unpaired) electrons. The van der Waals surface area contributed by atoms with Gasteiger partial charge in [-0.25, -0.2) is 4.98 Å². The van der Waals surface area contributed by atoms with Crippen molar-refractivity contribution in [2.24, 2.45) is 0 Å². The van der Waals surface area contributed by atoms with Crippen LogP contribution < -0.4 is 15.4 Å². The Kier molecular flexibility index (Phi) is 10.4. The second-order valence-corrected chi connectivity index (χ2v) is 8.75. The van der Waals surface area contributed by atoms with Gasteiger partial charge in [-0.15, -0.1) is 0 Å². The molecule has 1 aromatic heterocycles. The molecule has 0 aliphatic carbocycles. The van der Waals surface area contributed by atoms with Gasteiger partial charge in [0.15, 0.2) is 0 Å². The average Bonchev–Trinajstić information content (AvgIpc) is 2.86. The number of rotatable bonds is 14. The predicted molar refractivity (Wildman–Crippen MR) is 139 cm³/mol. The van der Waals surface area contributed by atoms with Crippen molar-refractivity contribution in [3.63, 3.8) is 0 Å². The van der Waals surface area contributed by atoms with Crippen LogP contribution in [0.3, 0.4) is 0 Å². The van der Waals surface area contributed by atoms with Crippen molar-refractivity contribution in [2.75, 3.05) is 17.2 Å². The van der Waals surface area contributed by atoms with E-state index in [1.54, 1.807) is 24.3 Å². The van der Waals surface area contributed by atoms with Crippen molar-refractivity contribution in [2.45, 2.75) is 71.4 Å². The summed E-state index contributed by atoms with van der Waals surface area (Å²) in [6, 6.07) is 14.6. The zero-order chi connectivity index (χ0) is 25.8. The van der Waals surface area contributed by atoms with Gasteiger partial charge in [-0.05, 0) is 55.2 Å². The number of aryl methyl sites for hydroxylation is 1. The van der Waals surface area contributed by atoms with E-state index in [1.165, 1.54) is 0 Å². The van der Waals surface area contributed by atoms with Gasteiger partial charge in [-0.1, -0.05) is 64.2 Å². The molecule has 5 nitrogen and oxygen atoms in total. The monoisotopic (exact) mass is 500 g/mol. The molecular weight excluding hydrogens is 465 g/mol. The number of para-hydroxylation sites is 1. The fourth-order valence-electron chi connectivity index (χ4n) is 3.78. The first kappa shape index (κ1) is 27.3. The van der Waals surface area contributed by atoms with Gasteiger partial charge >= 0.3 is 6.18 Å². The maximum Gasteiger partial charge on any atom is 0.421 e. The Morgan fingerprint density at radius 1 is 0.833 bits per heavy atom. The fourth-order valence-corrected chi connectivity index (χ4v) is 3.78. The van der Waals surface area contributed by atoms with E-state index in [0.717, 1.165) is 68.9 Å². The molecule has 3 rings (SSSR count). The Morgan fingerprint density at radius 2 is 1.56 bits per heavy atom. The van der Waals surface area contributed by atoms with Gasteiger partial charge in [0.2, 0.25) is 5.95 Å². The maximum absolute atomic E-state index is 13.7. The Bertz CT molecular complexity index is 1070. The summed E-state index contributed by atoms with van der Waals surface area (Å²) in [4.78, 5) is 8.10. The molecule has 194 valence electrons. The van der Waals surface area contributed by atoms with Gasteiger partial charge in [0.1, 0.15) is 17.1 Å². The molecule has 0 amide bonds. The highest BCUT2D eigenvalue weighted by Gasteiger charge is 2.35. The molecule has 0 aliphatic heterocycles. The zero-order valence-electron chi connectivity index (χ0n) is 21.0. The molecule has 0 saturated carbocycles. The van der Waals surface area contributed by atoms with Crippen molar-refractivity contribution < 1.29 is 17.9 Å². The minimum atomic E-state index is -4.59. The highest BCUT2D eigenvalue weighted by Crippen LogP contribution is 2.36. The lowest BCUT2D eigenvalue weighted by atomic mass is 10.0. The van der Waals surface area contributed by atoms with Gasteiger partial charge in [0, 0.05) is 17.6 Å². The van der Waals surface area contributed by atoms with E-state index in [2.05, 4.69) is 34.4 Å². The Balaban J connectivity index is 1.76. The van der Waals surface area contributed by atoms with Gasteiger partial charge in [-0.3, -0.25) is 0 Å². The minimum Gasteiger partial charge on any atom is -0.494 e. The molecule has 2 N–H and O–H groups in total. The van der Waals surface area contributed by atoms with E-state index in [1.807, 2.05) is 24.3 Å². The van der Waals surface area contributed by atoms with Crippen LogP contribution in [0.2, 0.25) is 0 Å². The average molecular weight is 501 g/mol. The van der Waals surface area contributed by atoms with Crippen LogP contribution in [0, 0.1) is 0 Å². The van der Waals surface area contributed by atoms with E-state index in [4.69, 9.17) is 4.74 Å². The lowest BCUT2D eigenvalue weighted by Gasteiger charge is -2.17. The van der Waals surface area contributed by atoms with Gasteiger partial charge in [-0.2, -0.15) is 18.2 Å². The summed E-state index contributed by atoms with van der Waals surface area (Å²) < 4.78 is 46.9. The van der Waals surface area contributed by atoms with Gasteiger partial charge in [0.05, 0.1) is 6.61 Å². The molecule has 0 atom stereocenters. The summed E-state index contributed by atoms with van der Waals surface area (Å²) >= 11 is 0. The van der Waals surface area contributed by atoms with Crippen molar-refractivity contribution in [1.29, 1.82) is 0 Å². The molecule has 0 unspecified atom stereocenters. The summed E-state index contributed by atoms with van der Waals surface area (Å²) in [6.45, 7) is 4.93. The number of hydrogen-bond donors (Lipinski definition) is 2. The molecular formula is C28H35F3N4O. The summed E-state index contributed by atoms with van der Waals surface area (Å²) in [5, 5.41) is 5.92. The standard InChI is InChI=1S/C28H35F3N4O/c1-3-5-7-8-12-21-13-9-10-14-25(21)34-26-24(28(29,30)31)20-32-27(35-26)33-22-15-17-23(18-16-22)36-19-11-6-4-2/h9-10,13-18,20H,3-8,11-12,19H2,1-2H3,(H2,32,33,34,35). The normalized spacial score (nSPS) is 11.4. The van der Waals surface area contributed by atoms with Gasteiger partial charge < -0.3 is 15.4 Å². The topological polar surface area (TPSA) is 59.1 Å². The third-order valence-corrected chi connectivity index (χ3v) is 5.79. The largest absolute Gasteiger partial charge is 0.494 e. The lowest BCUT2D eigenvalue weighted by Crippen LogP contribution is -2.13. The van der Waals surface area contributed by atoms with Crippen LogP contribution in [0.4, 0.5) is 36.3 Å². The number of nitrogens with zero attached hydrogens (tertiary/aromatic N) is 2. The highest BCUT2D eigenvalue weighted by atomic mass is 19.4. The van der Waals surface area contributed by atoms with Gasteiger partial charge in [0.25, 0.3) is 0 Å². The SMILES string of the molecule is CCCCCCc1ccccc1Nc1nc(Nc2ccc(OCCCCC)cc2)ncc1C(F)(F)F. The molecule has 2 aromatic carbocycles. The number of aromatic nitrogens is 2. The van der Waals surface area contributed by atoms with Crippen LogP contribution in [-0.4, -0.2) is 16.6 Å². The molecule has 3 aromatic rings. The first-order chi connectivity index (χ1) is 17.4. The Morgan fingerprint density at radius 3 is 2.28 bits per heavy atom. The summed E-state index contributed by atoms with van der Waals surface area (Å²) in [7, 11) is 0. The van der Waals surface area contributed by atoms with Crippen LogP contribution >= 0.6 is 0 Å². The third-order valence-electron chi connectivity index (χ3n) is 5.79. The second-order valence-electron chi connectivity index (χ2n) is 8.75. The minimum absolute atomic E-state index is 0.0718. The molecule has 0 aliphatic rings. The molecule has 0 fully saturated rings. The number of anilines is 4. The van der Waals surface area contributed by atoms with Crippen molar-refractivity contribution >= 4 is 23.1 Å². The second kappa shape index (κ2) is 13.7. The molecule has 0 spiro atoms. The van der Waals surface area contributed by atoms with Crippen molar-refractivity contribution in [3.05, 3.63) is 65.9 Å². The summed E-state index contributed by atoms with van der Waals surface area (Å²) in [6.07, 6.45) is 4.57. The number of halogens is 3. The predicted octanol–water partition coefficient (Wildman–Crippen LogP) is 8.67. The van der Waals surface area contributed by atoms with E-state index in [9.17, 15) is 13.2 Å². The van der Waals surface area contributed by atoms with E-state index >= 15 is 0 Å². The lowest BCUT2D eigenvalue weighted by molar-refractivity contribution is -0.137. The van der Waals surface area contributed by atoms with Crippen molar-refractivity contribution in [1.82, 2.24) is 9.97 Å². The molecule has 36 heavy (non-hydrogen) atoms. The Hall–Kier alpha value is -3.29. The highest BCUT2D eigenvalue weighted by molar-refractivity contribution is 5.65. The van der Waals surface area contributed by atoms with E-state index < -0.39 is 11.7 Å². The quantitative estimate of drug-likeness (QED) is 0.217. The fraction of sp³-hybridized carbons (Fsp3) is 0.429. The third kappa shape index (κ3) is 8.43.